The van der Waals surface area contributed by atoms with E-state index < -0.39 is 0 Å². The molecule has 0 aliphatic carbocycles. The molecule has 0 spiro atoms. The minimum atomic E-state index is -0.197. The Bertz CT molecular complexity index is 805. The molecule has 2 aromatic rings. The van der Waals surface area contributed by atoms with Crippen molar-refractivity contribution in [2.24, 2.45) is 0 Å². The van der Waals surface area contributed by atoms with Crippen LogP contribution in [0, 0.1) is 0 Å². The van der Waals surface area contributed by atoms with Gasteiger partial charge < -0.3 is 24.4 Å². The highest BCUT2D eigenvalue weighted by atomic mass is 32.1. The molecule has 2 heterocycles. The molecule has 1 aliphatic rings. The quantitative estimate of drug-likeness (QED) is 0.709. The first kappa shape index (κ1) is 21.4. The van der Waals surface area contributed by atoms with Gasteiger partial charge in [-0.05, 0) is 41.6 Å². The number of likely N-dealkylation sites (N-methyl/N-ethyl adjacent to an activating group) is 1. The number of ether oxygens (including phenoxy) is 3. The second-order valence-electron chi connectivity index (χ2n) is 7.00. The predicted molar refractivity (Wildman–Crippen MR) is 115 cm³/mol. The van der Waals surface area contributed by atoms with E-state index in [4.69, 9.17) is 14.2 Å². The first-order valence-corrected chi connectivity index (χ1v) is 10.5. The van der Waals surface area contributed by atoms with Crippen molar-refractivity contribution in [3.8, 4) is 17.2 Å². The van der Waals surface area contributed by atoms with Gasteiger partial charge in [-0.3, -0.25) is 9.69 Å². The van der Waals surface area contributed by atoms with Gasteiger partial charge in [0.1, 0.15) is 0 Å². The smallest absolute Gasteiger partial charge is 0.255 e. The van der Waals surface area contributed by atoms with Crippen molar-refractivity contribution in [2.75, 3.05) is 61.1 Å². The van der Waals surface area contributed by atoms with E-state index in [0.717, 1.165) is 26.2 Å². The molecule has 1 unspecified atom stereocenters. The number of carbonyl (C=O) groups excluding carboxylic acids is 1. The lowest BCUT2D eigenvalue weighted by molar-refractivity contribution is 0.0883. The molecule has 1 aromatic carbocycles. The second kappa shape index (κ2) is 9.96. The molecule has 8 heteroatoms. The molecular formula is C21H29N3O4S. The Balaban J connectivity index is 1.77. The summed E-state index contributed by atoms with van der Waals surface area (Å²) in [6.45, 7) is 4.53. The number of carbonyl (C=O) groups is 1. The van der Waals surface area contributed by atoms with Crippen LogP contribution in [0.1, 0.15) is 22.0 Å². The third-order valence-electron chi connectivity index (χ3n) is 5.31. The molecule has 1 fully saturated rings. The van der Waals surface area contributed by atoms with Gasteiger partial charge in [0.2, 0.25) is 5.75 Å². The van der Waals surface area contributed by atoms with Gasteiger partial charge in [-0.25, -0.2) is 0 Å². The monoisotopic (exact) mass is 419 g/mol. The van der Waals surface area contributed by atoms with Gasteiger partial charge in [-0.1, -0.05) is 0 Å². The van der Waals surface area contributed by atoms with Gasteiger partial charge in [-0.15, -0.1) is 0 Å². The maximum atomic E-state index is 13.0. The van der Waals surface area contributed by atoms with Gasteiger partial charge in [0.05, 0.1) is 32.9 Å². The summed E-state index contributed by atoms with van der Waals surface area (Å²) in [6.07, 6.45) is 0. The van der Waals surface area contributed by atoms with Crippen LogP contribution in [-0.2, 0) is 0 Å². The summed E-state index contributed by atoms with van der Waals surface area (Å²) >= 11 is 1.68. The lowest BCUT2D eigenvalue weighted by Gasteiger charge is -2.38. The Morgan fingerprint density at radius 1 is 1.07 bits per heavy atom. The van der Waals surface area contributed by atoms with Crippen LogP contribution in [0.5, 0.6) is 17.2 Å². The second-order valence-corrected chi connectivity index (χ2v) is 7.78. The zero-order valence-electron chi connectivity index (χ0n) is 17.4. The molecule has 0 radical (unpaired) electrons. The summed E-state index contributed by atoms with van der Waals surface area (Å²) in [5.41, 5.74) is 1.66. The van der Waals surface area contributed by atoms with Gasteiger partial charge >= 0.3 is 0 Å². The number of hydrogen-bond donors (Lipinski definition) is 1. The Morgan fingerprint density at radius 2 is 1.79 bits per heavy atom. The fourth-order valence-electron chi connectivity index (χ4n) is 3.62. The van der Waals surface area contributed by atoms with Crippen molar-refractivity contribution < 1.29 is 19.0 Å². The van der Waals surface area contributed by atoms with E-state index in [9.17, 15) is 4.79 Å². The van der Waals surface area contributed by atoms with E-state index >= 15 is 0 Å². The molecule has 1 aromatic heterocycles. The molecule has 7 nitrogen and oxygen atoms in total. The normalized spacial score (nSPS) is 16.3. The third kappa shape index (κ3) is 4.83. The minimum absolute atomic E-state index is 0.144. The molecule has 3 rings (SSSR count). The maximum Gasteiger partial charge on any atom is 0.255 e. The van der Waals surface area contributed by atoms with Crippen molar-refractivity contribution in [3.63, 3.8) is 0 Å². The van der Waals surface area contributed by atoms with Crippen LogP contribution in [-0.4, -0.2) is 76.8 Å². The fraction of sp³-hybridized carbons (Fsp3) is 0.476. The van der Waals surface area contributed by atoms with Crippen molar-refractivity contribution in [1.82, 2.24) is 15.1 Å². The summed E-state index contributed by atoms with van der Waals surface area (Å²) < 4.78 is 16.2. The highest BCUT2D eigenvalue weighted by Crippen LogP contribution is 2.39. The summed E-state index contributed by atoms with van der Waals surface area (Å²) in [5, 5.41) is 7.33. The number of nitrogens with one attached hydrogen (secondary N) is 1. The highest BCUT2D eigenvalue weighted by molar-refractivity contribution is 7.07. The zero-order valence-corrected chi connectivity index (χ0v) is 18.3. The summed E-state index contributed by atoms with van der Waals surface area (Å²) in [5.74, 6) is 1.11. The first-order chi connectivity index (χ1) is 14.1. The maximum absolute atomic E-state index is 13.0. The van der Waals surface area contributed by atoms with Crippen molar-refractivity contribution in [3.05, 3.63) is 40.1 Å². The van der Waals surface area contributed by atoms with Crippen LogP contribution in [0.25, 0.3) is 0 Å². The summed E-state index contributed by atoms with van der Waals surface area (Å²) in [6, 6.07) is 5.69. The van der Waals surface area contributed by atoms with E-state index in [0.29, 0.717) is 29.4 Å². The Kier molecular flexibility index (Phi) is 7.35. The highest BCUT2D eigenvalue weighted by Gasteiger charge is 2.26. The van der Waals surface area contributed by atoms with Gasteiger partial charge in [0.15, 0.2) is 11.5 Å². The van der Waals surface area contributed by atoms with Crippen molar-refractivity contribution in [2.45, 2.75) is 6.04 Å². The van der Waals surface area contributed by atoms with Gasteiger partial charge in [0.25, 0.3) is 5.91 Å². The van der Waals surface area contributed by atoms with Crippen LogP contribution < -0.4 is 19.5 Å². The lowest BCUT2D eigenvalue weighted by atomic mass is 10.1. The Hall–Kier alpha value is -2.29. The molecule has 158 valence electrons. The van der Waals surface area contributed by atoms with Crippen LogP contribution in [0.4, 0.5) is 0 Å². The van der Waals surface area contributed by atoms with E-state index in [-0.39, 0.29) is 11.9 Å². The summed E-state index contributed by atoms with van der Waals surface area (Å²) in [7, 11) is 6.75. The summed E-state index contributed by atoms with van der Waals surface area (Å²) in [4.78, 5) is 17.8. The lowest BCUT2D eigenvalue weighted by Crippen LogP contribution is -2.48. The fourth-order valence-corrected chi connectivity index (χ4v) is 4.33. The number of thiophene rings is 1. The molecule has 1 amide bonds. The Morgan fingerprint density at radius 3 is 2.38 bits per heavy atom. The standard InChI is InChI=1S/C21H29N3O4S/c1-23-8-10-24(11-9-23)17(15-7-12-29-14-15)13-22-21(25)16-5-6-18(26-2)20(28-4)19(16)27-3/h5-7,12,14,17H,8-11,13H2,1-4H3,(H,22,25). The number of benzene rings is 1. The Labute approximate surface area is 176 Å². The average molecular weight is 420 g/mol. The van der Waals surface area contributed by atoms with E-state index in [1.165, 1.54) is 19.8 Å². The number of amides is 1. The third-order valence-corrected chi connectivity index (χ3v) is 6.01. The van der Waals surface area contributed by atoms with Crippen LogP contribution in [0.3, 0.4) is 0 Å². The number of rotatable bonds is 8. The zero-order chi connectivity index (χ0) is 20.8. The molecule has 29 heavy (non-hydrogen) atoms. The largest absolute Gasteiger partial charge is 0.493 e. The van der Waals surface area contributed by atoms with E-state index in [1.807, 2.05) is 0 Å². The predicted octanol–water partition coefficient (Wildman–Crippen LogP) is 2.49. The number of piperazine rings is 1. The first-order valence-electron chi connectivity index (χ1n) is 9.60. The number of hydrogen-bond acceptors (Lipinski definition) is 7. The molecular weight excluding hydrogens is 390 g/mol. The minimum Gasteiger partial charge on any atom is -0.493 e. The molecule has 1 aliphatic heterocycles. The number of methoxy groups -OCH3 is 3. The number of nitrogens with zero attached hydrogens (tertiary/aromatic N) is 2. The van der Waals surface area contributed by atoms with Gasteiger partial charge in [-0.2, -0.15) is 11.3 Å². The van der Waals surface area contributed by atoms with Crippen LogP contribution >= 0.6 is 11.3 Å². The van der Waals surface area contributed by atoms with Crippen molar-refractivity contribution >= 4 is 17.2 Å². The van der Waals surface area contributed by atoms with Crippen LogP contribution in [0.2, 0.25) is 0 Å². The molecule has 1 atom stereocenters. The molecule has 0 saturated carbocycles. The van der Waals surface area contributed by atoms with E-state index in [1.54, 1.807) is 30.6 Å². The SMILES string of the molecule is COc1ccc(C(=O)NCC(c2ccsc2)N2CCN(C)CC2)c(OC)c1OC. The van der Waals surface area contributed by atoms with E-state index in [2.05, 4.69) is 39.0 Å². The average Bonchev–Trinajstić information content (AvgIpc) is 3.28. The topological polar surface area (TPSA) is 63.3 Å². The molecule has 1 saturated heterocycles. The van der Waals surface area contributed by atoms with Gasteiger partial charge in [0, 0.05) is 32.7 Å². The van der Waals surface area contributed by atoms with Crippen LogP contribution in [0.15, 0.2) is 29.0 Å². The molecule has 1 N–H and O–H groups in total. The van der Waals surface area contributed by atoms with Crippen molar-refractivity contribution in [1.29, 1.82) is 0 Å². The molecule has 0 bridgehead atoms.